The number of aromatic hydroxyl groups is 2. The fourth-order valence-corrected chi connectivity index (χ4v) is 4.24. The van der Waals surface area contributed by atoms with E-state index in [0.29, 0.717) is 24.6 Å². The van der Waals surface area contributed by atoms with E-state index in [1.54, 1.807) is 16.6 Å². The van der Waals surface area contributed by atoms with Crippen molar-refractivity contribution in [2.45, 2.75) is 20.0 Å². The lowest BCUT2D eigenvalue weighted by Gasteiger charge is -2.19. The van der Waals surface area contributed by atoms with Crippen molar-refractivity contribution in [3.63, 3.8) is 0 Å². The highest BCUT2D eigenvalue weighted by Crippen LogP contribution is 2.36. The lowest BCUT2D eigenvalue weighted by atomic mass is 10.1. The molecule has 2 heterocycles. The molecule has 3 N–H and O–H groups in total. The second kappa shape index (κ2) is 8.02. The van der Waals surface area contributed by atoms with Crippen LogP contribution in [0.15, 0.2) is 66.7 Å². The maximum absolute atomic E-state index is 13.4. The van der Waals surface area contributed by atoms with Crippen molar-refractivity contribution in [3.8, 4) is 22.8 Å². The Kier molecular flexibility index (Phi) is 5.01. The van der Waals surface area contributed by atoms with E-state index in [4.69, 9.17) is 0 Å². The minimum Gasteiger partial charge on any atom is -0.508 e. The Hall–Kier alpha value is -4.26. The van der Waals surface area contributed by atoms with Crippen LogP contribution in [0.4, 0.5) is 11.5 Å². The van der Waals surface area contributed by atoms with Crippen LogP contribution >= 0.6 is 0 Å². The summed E-state index contributed by atoms with van der Waals surface area (Å²) in [5.74, 6) is -0.112. The number of benzene rings is 3. The largest absolute Gasteiger partial charge is 0.508 e. The summed E-state index contributed by atoms with van der Waals surface area (Å²) in [7, 11) is 1.79. The summed E-state index contributed by atoms with van der Waals surface area (Å²) < 4.78 is 1.67. The molecule has 0 aliphatic carbocycles. The third-order valence-electron chi connectivity index (χ3n) is 5.90. The molecule has 0 saturated heterocycles. The van der Waals surface area contributed by atoms with E-state index in [0.717, 1.165) is 27.9 Å². The quantitative estimate of drug-likeness (QED) is 0.428. The molecule has 33 heavy (non-hydrogen) atoms. The highest BCUT2D eigenvalue weighted by molar-refractivity contribution is 6.03. The van der Waals surface area contributed by atoms with Gasteiger partial charge in [-0.05, 0) is 24.1 Å². The van der Waals surface area contributed by atoms with Crippen LogP contribution in [0.2, 0.25) is 0 Å². The van der Waals surface area contributed by atoms with Crippen LogP contribution in [0.1, 0.15) is 27.0 Å². The Balaban J connectivity index is 1.48. The van der Waals surface area contributed by atoms with Gasteiger partial charge in [0.2, 0.25) is 0 Å². The van der Waals surface area contributed by atoms with Gasteiger partial charge in [-0.2, -0.15) is 5.10 Å². The third kappa shape index (κ3) is 3.89. The lowest BCUT2D eigenvalue weighted by molar-refractivity contribution is 0.0749. The highest BCUT2D eigenvalue weighted by atomic mass is 16.3. The van der Waals surface area contributed by atoms with Gasteiger partial charge in [0.1, 0.15) is 22.9 Å². The first-order valence-electron chi connectivity index (χ1n) is 10.7. The van der Waals surface area contributed by atoms with E-state index in [-0.39, 0.29) is 23.0 Å². The van der Waals surface area contributed by atoms with E-state index in [2.05, 4.69) is 10.4 Å². The van der Waals surface area contributed by atoms with Gasteiger partial charge < -0.3 is 20.4 Å². The number of fused-ring (bicyclic) bond motifs is 1. The SMILES string of the molecule is Cc1cccc(-c2cc(Nc3cc(O)cc(O)c3C(=O)N3Cc4ccccc4C3)n(C)n2)c1. The average molecular weight is 441 g/mol. The summed E-state index contributed by atoms with van der Waals surface area (Å²) in [6.07, 6.45) is 0. The van der Waals surface area contributed by atoms with Gasteiger partial charge in [-0.1, -0.05) is 48.0 Å². The molecule has 166 valence electrons. The Labute approximate surface area is 191 Å². The number of nitrogens with one attached hydrogen (secondary N) is 1. The van der Waals surface area contributed by atoms with Crippen LogP contribution in [0, 0.1) is 6.92 Å². The lowest BCUT2D eigenvalue weighted by Crippen LogP contribution is -2.26. The molecule has 0 bridgehead atoms. The molecule has 0 unspecified atom stereocenters. The standard InChI is InChI=1S/C26H24N4O3/c1-16-6-5-9-17(10-16)21-13-24(29(2)28-21)27-22-11-20(31)12-23(32)25(22)26(33)30-14-18-7-3-4-8-19(18)15-30/h3-13,27,31-32H,14-15H2,1-2H3. The molecule has 5 rings (SSSR count). The fourth-order valence-electron chi connectivity index (χ4n) is 4.24. The van der Waals surface area contributed by atoms with Crippen LogP contribution in [0.25, 0.3) is 11.3 Å². The zero-order valence-corrected chi connectivity index (χ0v) is 18.4. The first-order valence-corrected chi connectivity index (χ1v) is 10.7. The van der Waals surface area contributed by atoms with E-state index in [9.17, 15) is 15.0 Å². The normalized spacial score (nSPS) is 12.6. The topological polar surface area (TPSA) is 90.6 Å². The van der Waals surface area contributed by atoms with Gasteiger partial charge in [-0.3, -0.25) is 9.48 Å². The molecule has 0 fully saturated rings. The van der Waals surface area contributed by atoms with Gasteiger partial charge in [0.05, 0.1) is 11.4 Å². The molecule has 7 nitrogen and oxygen atoms in total. The van der Waals surface area contributed by atoms with Crippen molar-refractivity contribution in [2.24, 2.45) is 7.05 Å². The van der Waals surface area contributed by atoms with Crippen LogP contribution in [0.5, 0.6) is 11.5 Å². The highest BCUT2D eigenvalue weighted by Gasteiger charge is 2.28. The number of hydrogen-bond acceptors (Lipinski definition) is 5. The number of nitrogens with zero attached hydrogens (tertiary/aromatic N) is 3. The van der Waals surface area contributed by atoms with Gasteiger partial charge in [-0.15, -0.1) is 0 Å². The molecule has 0 atom stereocenters. The van der Waals surface area contributed by atoms with Crippen molar-refractivity contribution in [2.75, 3.05) is 5.32 Å². The summed E-state index contributed by atoms with van der Waals surface area (Å²) >= 11 is 0. The minimum atomic E-state index is -0.313. The number of carbonyl (C=O) groups excluding carboxylic acids is 1. The molecule has 0 spiro atoms. The number of phenolic OH excluding ortho intramolecular Hbond substituents is 2. The van der Waals surface area contributed by atoms with E-state index >= 15 is 0 Å². The van der Waals surface area contributed by atoms with Gasteiger partial charge >= 0.3 is 0 Å². The second-order valence-electron chi connectivity index (χ2n) is 8.35. The number of aryl methyl sites for hydroxylation is 2. The number of hydrogen-bond donors (Lipinski definition) is 3. The number of rotatable bonds is 4. The van der Waals surface area contributed by atoms with Crippen LogP contribution < -0.4 is 5.32 Å². The van der Waals surface area contributed by atoms with Gasteiger partial charge in [0.25, 0.3) is 5.91 Å². The van der Waals surface area contributed by atoms with E-state index in [1.807, 2.05) is 61.5 Å². The number of carbonyl (C=O) groups is 1. The zero-order valence-electron chi connectivity index (χ0n) is 18.4. The minimum absolute atomic E-state index is 0.110. The summed E-state index contributed by atoms with van der Waals surface area (Å²) in [5.41, 5.74) is 5.48. The second-order valence-corrected chi connectivity index (χ2v) is 8.35. The van der Waals surface area contributed by atoms with Gasteiger partial charge in [-0.25, -0.2) is 0 Å². The molecule has 1 aliphatic heterocycles. The number of anilines is 2. The maximum Gasteiger partial charge on any atom is 0.260 e. The molecule has 3 aromatic carbocycles. The van der Waals surface area contributed by atoms with Crippen LogP contribution in [0.3, 0.4) is 0 Å². The van der Waals surface area contributed by atoms with Crippen LogP contribution in [-0.4, -0.2) is 30.8 Å². The van der Waals surface area contributed by atoms with Gasteiger partial charge in [0, 0.05) is 43.9 Å². The monoisotopic (exact) mass is 440 g/mol. The number of amides is 1. The van der Waals surface area contributed by atoms with Gasteiger partial charge in [0.15, 0.2) is 0 Å². The third-order valence-corrected chi connectivity index (χ3v) is 5.90. The van der Waals surface area contributed by atoms with Crippen molar-refractivity contribution < 1.29 is 15.0 Å². The summed E-state index contributed by atoms with van der Waals surface area (Å²) in [4.78, 5) is 15.1. The summed E-state index contributed by atoms with van der Waals surface area (Å²) in [6.45, 7) is 2.96. The molecule has 1 aromatic heterocycles. The molecule has 1 amide bonds. The molecular formula is C26H24N4O3. The van der Waals surface area contributed by atoms with Crippen LogP contribution in [-0.2, 0) is 20.1 Å². The first kappa shape index (κ1) is 20.6. The molecule has 7 heteroatoms. The zero-order chi connectivity index (χ0) is 23.1. The fraction of sp³-hybridized carbons (Fsp3) is 0.154. The number of aromatic nitrogens is 2. The van der Waals surface area contributed by atoms with Crippen molar-refractivity contribution in [1.29, 1.82) is 0 Å². The smallest absolute Gasteiger partial charge is 0.260 e. The molecule has 4 aromatic rings. The molecule has 0 radical (unpaired) electrons. The van der Waals surface area contributed by atoms with E-state index in [1.165, 1.54) is 12.1 Å². The molecule has 0 saturated carbocycles. The Morgan fingerprint density at radius 1 is 0.970 bits per heavy atom. The Bertz CT molecular complexity index is 1350. The first-order chi connectivity index (χ1) is 15.9. The predicted molar refractivity (Wildman–Crippen MR) is 126 cm³/mol. The summed E-state index contributed by atoms with van der Waals surface area (Å²) in [5, 5.41) is 28.5. The average Bonchev–Trinajstić information content (AvgIpc) is 3.37. The van der Waals surface area contributed by atoms with Crippen molar-refractivity contribution >= 4 is 17.4 Å². The maximum atomic E-state index is 13.4. The molecule has 1 aliphatic rings. The summed E-state index contributed by atoms with van der Waals surface area (Å²) in [6, 6.07) is 20.4. The van der Waals surface area contributed by atoms with Crippen molar-refractivity contribution in [1.82, 2.24) is 14.7 Å². The Morgan fingerprint density at radius 3 is 2.39 bits per heavy atom. The van der Waals surface area contributed by atoms with E-state index < -0.39 is 0 Å². The molecular weight excluding hydrogens is 416 g/mol. The van der Waals surface area contributed by atoms with Crippen molar-refractivity contribution in [3.05, 3.63) is 89.0 Å². The number of phenols is 2. The predicted octanol–water partition coefficient (Wildman–Crippen LogP) is 4.71. The Morgan fingerprint density at radius 2 is 1.70 bits per heavy atom.